The van der Waals surface area contributed by atoms with Crippen LogP contribution in [0.4, 0.5) is 0 Å². The number of carboxylic acid groups (broad SMARTS) is 1. The monoisotopic (exact) mass is 598 g/mol. The Morgan fingerprint density at radius 1 is 1.11 bits per heavy atom. The van der Waals surface area contributed by atoms with Gasteiger partial charge in [-0.25, -0.2) is 9.78 Å². The number of nitrogens with zero attached hydrogens (tertiary/aromatic N) is 4. The van der Waals surface area contributed by atoms with Gasteiger partial charge in [-0.2, -0.15) is 9.78 Å². The number of aromatic carboxylic acids is 1. The van der Waals surface area contributed by atoms with Crippen molar-refractivity contribution in [3.8, 4) is 28.7 Å². The molecule has 1 fully saturated rings. The minimum atomic E-state index is -1.11. The summed E-state index contributed by atoms with van der Waals surface area (Å²) in [7, 11) is 1.78. The first-order valence-electron chi connectivity index (χ1n) is 15.1. The topological polar surface area (TPSA) is 108 Å². The molecule has 2 atom stereocenters. The molecular weight excluding hydrogens is 560 g/mol. The fourth-order valence-corrected chi connectivity index (χ4v) is 6.16. The van der Waals surface area contributed by atoms with E-state index in [4.69, 9.17) is 23.9 Å². The number of rotatable bonds is 10. The Hall–Kier alpha value is -4.25. The molecule has 2 unspecified atom stereocenters. The molecule has 10 heteroatoms. The van der Waals surface area contributed by atoms with Crippen LogP contribution in [0.1, 0.15) is 46.0 Å². The predicted octanol–water partition coefficient (Wildman–Crippen LogP) is 5.08. The number of carboxylic acids is 1. The van der Waals surface area contributed by atoms with Gasteiger partial charge in [0, 0.05) is 38.4 Å². The maximum Gasteiger partial charge on any atom is 0.342 e. The molecule has 2 aliphatic heterocycles. The first-order valence-corrected chi connectivity index (χ1v) is 15.1. The second-order valence-corrected chi connectivity index (χ2v) is 11.2. The van der Waals surface area contributed by atoms with Crippen LogP contribution in [0, 0.1) is 6.92 Å². The molecule has 4 aromatic rings. The van der Waals surface area contributed by atoms with E-state index in [1.54, 1.807) is 20.1 Å². The molecule has 6 rings (SSSR count). The highest BCUT2D eigenvalue weighted by Crippen LogP contribution is 2.34. The smallest absolute Gasteiger partial charge is 0.342 e. The number of carbonyl (C=O) groups is 1. The van der Waals surface area contributed by atoms with Crippen molar-refractivity contribution in [2.75, 3.05) is 33.5 Å². The fraction of sp³-hybridized carbons (Fsp3) is 0.382. The fourth-order valence-electron chi connectivity index (χ4n) is 6.16. The molecule has 2 aromatic carbocycles. The first kappa shape index (κ1) is 29.8. The van der Waals surface area contributed by atoms with Crippen molar-refractivity contribution in [2.45, 2.75) is 52.0 Å². The third-order valence-electron chi connectivity index (χ3n) is 8.41. The number of hydrogen-bond donors (Lipinski definition) is 1. The lowest BCUT2D eigenvalue weighted by Crippen LogP contribution is -2.51. The zero-order valence-electron chi connectivity index (χ0n) is 25.4. The number of pyridine rings is 1. The van der Waals surface area contributed by atoms with Gasteiger partial charge in [-0.3, -0.25) is 4.90 Å². The molecule has 0 amide bonds. The highest BCUT2D eigenvalue weighted by Gasteiger charge is 2.32. The molecule has 2 aliphatic rings. The Morgan fingerprint density at radius 3 is 2.80 bits per heavy atom. The van der Waals surface area contributed by atoms with Crippen LogP contribution in [-0.2, 0) is 29.0 Å². The van der Waals surface area contributed by atoms with Gasteiger partial charge in [-0.15, -0.1) is 0 Å². The van der Waals surface area contributed by atoms with E-state index in [9.17, 15) is 9.90 Å². The van der Waals surface area contributed by atoms with Crippen molar-refractivity contribution < 1.29 is 28.8 Å². The van der Waals surface area contributed by atoms with Gasteiger partial charge in [-0.1, -0.05) is 36.4 Å². The van der Waals surface area contributed by atoms with Gasteiger partial charge >= 0.3 is 5.97 Å². The zero-order valence-corrected chi connectivity index (χ0v) is 25.4. The van der Waals surface area contributed by atoms with Gasteiger partial charge in [0.2, 0.25) is 5.88 Å². The minimum Gasteiger partial charge on any atom is -0.488 e. The van der Waals surface area contributed by atoms with E-state index < -0.39 is 5.97 Å². The van der Waals surface area contributed by atoms with Crippen LogP contribution >= 0.6 is 0 Å². The van der Waals surface area contributed by atoms with E-state index in [1.807, 2.05) is 37.3 Å². The normalized spacial score (nSPS) is 18.5. The minimum absolute atomic E-state index is 0.0147. The zero-order chi connectivity index (χ0) is 30.6. The molecular formula is C34H38N4O6. The Kier molecular flexibility index (Phi) is 8.92. The number of para-hydroxylation sites is 1. The van der Waals surface area contributed by atoms with Gasteiger partial charge in [0.1, 0.15) is 17.9 Å². The van der Waals surface area contributed by atoms with Gasteiger partial charge in [0.25, 0.3) is 0 Å². The lowest BCUT2D eigenvalue weighted by atomic mass is 9.94. The van der Waals surface area contributed by atoms with Crippen LogP contribution in [0.15, 0.2) is 60.8 Å². The first-order chi connectivity index (χ1) is 21.5. The van der Waals surface area contributed by atoms with Crippen LogP contribution in [0.2, 0.25) is 0 Å². The Labute approximate surface area is 257 Å². The summed E-state index contributed by atoms with van der Waals surface area (Å²) in [5, 5.41) is 13.8. The van der Waals surface area contributed by atoms with Crippen molar-refractivity contribution in [1.29, 1.82) is 0 Å². The lowest BCUT2D eigenvalue weighted by molar-refractivity contribution is -0.0858. The van der Waals surface area contributed by atoms with Crippen molar-refractivity contribution in [3.05, 3.63) is 88.6 Å². The van der Waals surface area contributed by atoms with E-state index in [0.717, 1.165) is 55.0 Å². The average Bonchev–Trinajstić information content (AvgIpc) is 3.48. The number of aryl methyl sites for hydroxylation is 1. The molecule has 10 nitrogen and oxygen atoms in total. The third-order valence-corrected chi connectivity index (χ3v) is 8.41. The van der Waals surface area contributed by atoms with Crippen LogP contribution in [-0.4, -0.2) is 76.4 Å². The highest BCUT2D eigenvalue weighted by atomic mass is 16.5. The molecule has 2 aromatic heterocycles. The molecule has 1 saturated heterocycles. The maximum atomic E-state index is 11.7. The van der Waals surface area contributed by atoms with E-state index in [-0.39, 0.29) is 17.5 Å². The van der Waals surface area contributed by atoms with E-state index in [2.05, 4.69) is 28.2 Å². The summed E-state index contributed by atoms with van der Waals surface area (Å²) in [6.07, 6.45) is 3.38. The summed E-state index contributed by atoms with van der Waals surface area (Å²) in [5.74, 6) is 0.242. The summed E-state index contributed by atoms with van der Waals surface area (Å²) in [4.78, 5) is 19.1. The molecule has 0 saturated carbocycles. The van der Waals surface area contributed by atoms with Crippen LogP contribution in [0.5, 0.6) is 11.6 Å². The third kappa shape index (κ3) is 6.06. The van der Waals surface area contributed by atoms with Gasteiger partial charge in [0.15, 0.2) is 5.82 Å². The van der Waals surface area contributed by atoms with Crippen LogP contribution < -0.4 is 9.47 Å². The summed E-state index contributed by atoms with van der Waals surface area (Å²) < 4.78 is 24.9. The van der Waals surface area contributed by atoms with E-state index in [1.165, 1.54) is 22.0 Å². The summed E-state index contributed by atoms with van der Waals surface area (Å²) in [6, 6.07) is 18.6. The molecule has 0 bridgehead atoms. The predicted molar refractivity (Wildman–Crippen MR) is 165 cm³/mol. The molecule has 44 heavy (non-hydrogen) atoms. The molecule has 0 aliphatic carbocycles. The molecule has 4 heterocycles. The standard InChI is InChI=1S/C34H38N4O6/c1-4-43-33-27(34(39)40)18-35-38(33)31-10-6-9-28(36-31)26-8-5-7-22(2)32(26)44-20-23-11-12-25-19-37(15-13-24(25)17-23)29-14-16-42-21-30(29)41-3/h5-12,17-18,29-30H,4,13-16,19-21H2,1-3H3,(H,39,40). The number of methoxy groups -OCH3 is 1. The largest absolute Gasteiger partial charge is 0.488 e. The molecule has 1 N–H and O–H groups in total. The summed E-state index contributed by atoms with van der Waals surface area (Å²) in [5.41, 5.74) is 6.35. The van der Waals surface area contributed by atoms with Crippen molar-refractivity contribution in [2.24, 2.45) is 0 Å². The van der Waals surface area contributed by atoms with Crippen molar-refractivity contribution in [3.63, 3.8) is 0 Å². The second kappa shape index (κ2) is 13.2. The van der Waals surface area contributed by atoms with Crippen LogP contribution in [0.3, 0.4) is 0 Å². The van der Waals surface area contributed by atoms with Crippen molar-refractivity contribution in [1.82, 2.24) is 19.7 Å². The quantitative estimate of drug-likeness (QED) is 0.267. The lowest BCUT2D eigenvalue weighted by Gasteiger charge is -2.41. The number of hydrogen-bond acceptors (Lipinski definition) is 8. The number of ether oxygens (including phenoxy) is 4. The SMILES string of the molecule is CCOc1c(C(=O)O)cnn1-c1cccc(-c2cccc(C)c2OCc2ccc3c(c2)CCN(C2CCOCC2OC)C3)n1. The van der Waals surface area contributed by atoms with E-state index >= 15 is 0 Å². The second-order valence-electron chi connectivity index (χ2n) is 11.2. The molecule has 230 valence electrons. The van der Waals surface area contributed by atoms with Gasteiger partial charge < -0.3 is 24.1 Å². The molecule has 0 spiro atoms. The van der Waals surface area contributed by atoms with Crippen molar-refractivity contribution >= 4 is 5.97 Å². The molecule has 0 radical (unpaired) electrons. The summed E-state index contributed by atoms with van der Waals surface area (Å²) >= 11 is 0. The summed E-state index contributed by atoms with van der Waals surface area (Å²) in [6.45, 7) is 7.90. The van der Waals surface area contributed by atoms with E-state index in [0.29, 0.717) is 37.4 Å². The highest BCUT2D eigenvalue weighted by molar-refractivity contribution is 5.90. The number of benzene rings is 2. The Morgan fingerprint density at radius 2 is 1.98 bits per heavy atom. The number of fused-ring (bicyclic) bond motifs is 1. The van der Waals surface area contributed by atoms with Gasteiger partial charge in [0.05, 0.1) is 31.2 Å². The van der Waals surface area contributed by atoms with Gasteiger partial charge in [-0.05, 0) is 67.1 Å². The number of aromatic nitrogens is 3. The average molecular weight is 599 g/mol. The Balaban J connectivity index is 1.21. The maximum absolute atomic E-state index is 11.7. The Bertz CT molecular complexity index is 1640. The van der Waals surface area contributed by atoms with Crippen LogP contribution in [0.25, 0.3) is 17.1 Å².